The summed E-state index contributed by atoms with van der Waals surface area (Å²) in [4.78, 5) is 12.1. The molecule has 0 aliphatic carbocycles. The molecule has 2 rings (SSSR count). The quantitative estimate of drug-likeness (QED) is 0.583. The number of hydrogen-bond acceptors (Lipinski definition) is 6. The lowest BCUT2D eigenvalue weighted by Gasteiger charge is -2.12. The van der Waals surface area contributed by atoms with E-state index in [1.165, 1.54) is 16.9 Å². The van der Waals surface area contributed by atoms with Crippen LogP contribution in [0.25, 0.3) is 0 Å². The van der Waals surface area contributed by atoms with Crippen molar-refractivity contribution in [2.24, 2.45) is 0 Å². The largest absolute Gasteiger partial charge is 0.363 e. The summed E-state index contributed by atoms with van der Waals surface area (Å²) in [6.07, 6.45) is 1.33. The zero-order valence-electron chi connectivity index (χ0n) is 13.9. The third kappa shape index (κ3) is 5.21. The zero-order chi connectivity index (χ0) is 16.8. The van der Waals surface area contributed by atoms with Crippen molar-refractivity contribution in [2.75, 3.05) is 23.4 Å². The number of aryl methyl sites for hydroxylation is 3. The van der Waals surface area contributed by atoms with Crippen LogP contribution < -0.4 is 10.6 Å². The third-order valence-corrected chi connectivity index (χ3v) is 5.50. The fraction of sp³-hybridized carbons (Fsp3) is 0.438. The van der Waals surface area contributed by atoms with Gasteiger partial charge in [0, 0.05) is 24.9 Å². The maximum Gasteiger partial charge on any atom is 0.224 e. The van der Waals surface area contributed by atoms with Crippen LogP contribution in [-0.2, 0) is 4.79 Å². The van der Waals surface area contributed by atoms with Crippen LogP contribution in [0.3, 0.4) is 0 Å². The summed E-state index contributed by atoms with van der Waals surface area (Å²) < 4.78 is 0.931. The van der Waals surface area contributed by atoms with Crippen molar-refractivity contribution in [1.82, 2.24) is 10.2 Å². The molecule has 1 aromatic carbocycles. The van der Waals surface area contributed by atoms with Crippen molar-refractivity contribution in [2.45, 2.75) is 38.0 Å². The van der Waals surface area contributed by atoms with Gasteiger partial charge in [-0.05, 0) is 38.3 Å². The molecule has 0 spiro atoms. The van der Waals surface area contributed by atoms with E-state index in [4.69, 9.17) is 0 Å². The van der Waals surface area contributed by atoms with E-state index in [-0.39, 0.29) is 5.91 Å². The van der Waals surface area contributed by atoms with Crippen LogP contribution in [-0.4, -0.2) is 28.9 Å². The van der Waals surface area contributed by atoms with Crippen LogP contribution in [0.4, 0.5) is 10.8 Å². The normalized spacial score (nSPS) is 10.6. The first kappa shape index (κ1) is 17.7. The van der Waals surface area contributed by atoms with Crippen LogP contribution in [0.1, 0.15) is 29.5 Å². The zero-order valence-corrected chi connectivity index (χ0v) is 15.5. The number of amides is 1. The van der Waals surface area contributed by atoms with Crippen molar-refractivity contribution >= 4 is 39.8 Å². The number of carbonyl (C=O) groups excluding carboxylic acids is 1. The molecule has 0 atom stereocenters. The predicted octanol–water partition coefficient (Wildman–Crippen LogP) is 4.02. The minimum Gasteiger partial charge on any atom is -0.363 e. The van der Waals surface area contributed by atoms with Gasteiger partial charge in [0.25, 0.3) is 0 Å². The molecule has 0 bridgehead atoms. The number of anilines is 2. The predicted molar refractivity (Wildman–Crippen MR) is 98.7 cm³/mol. The second kappa shape index (κ2) is 8.31. The van der Waals surface area contributed by atoms with Gasteiger partial charge in [-0.1, -0.05) is 40.8 Å². The number of benzene rings is 1. The molecule has 124 valence electrons. The van der Waals surface area contributed by atoms with E-state index in [9.17, 15) is 4.79 Å². The molecule has 23 heavy (non-hydrogen) atoms. The monoisotopic (exact) mass is 350 g/mol. The highest BCUT2D eigenvalue weighted by atomic mass is 32.2. The Morgan fingerprint density at radius 1 is 1.22 bits per heavy atom. The molecule has 0 saturated carbocycles. The lowest BCUT2D eigenvalue weighted by molar-refractivity contribution is -0.116. The van der Waals surface area contributed by atoms with E-state index < -0.39 is 0 Å². The van der Waals surface area contributed by atoms with Crippen LogP contribution in [0.2, 0.25) is 0 Å². The van der Waals surface area contributed by atoms with Gasteiger partial charge in [0.05, 0.1) is 0 Å². The highest BCUT2D eigenvalue weighted by Gasteiger charge is 2.09. The molecular weight excluding hydrogens is 328 g/mol. The summed E-state index contributed by atoms with van der Waals surface area (Å²) >= 11 is 3.17. The second-order valence-electron chi connectivity index (χ2n) is 5.40. The minimum absolute atomic E-state index is 0.0637. The molecule has 0 fully saturated rings. The van der Waals surface area contributed by atoms with Crippen molar-refractivity contribution in [1.29, 1.82) is 0 Å². The Labute approximate surface area is 145 Å². The van der Waals surface area contributed by atoms with E-state index in [1.807, 2.05) is 20.9 Å². The molecule has 7 heteroatoms. The molecule has 1 heterocycles. The summed E-state index contributed by atoms with van der Waals surface area (Å²) in [5.74, 6) is 0.922. The van der Waals surface area contributed by atoms with Gasteiger partial charge < -0.3 is 10.6 Å². The molecule has 5 nitrogen and oxygen atoms in total. The van der Waals surface area contributed by atoms with Gasteiger partial charge in [-0.15, -0.1) is 10.2 Å². The van der Waals surface area contributed by atoms with Gasteiger partial charge in [-0.25, -0.2) is 0 Å². The smallest absolute Gasteiger partial charge is 0.224 e. The lowest BCUT2D eigenvalue weighted by atomic mass is 10.0. The summed E-state index contributed by atoms with van der Waals surface area (Å²) in [5, 5.41) is 14.9. The molecule has 0 unspecified atom stereocenters. The second-order valence-corrected chi connectivity index (χ2v) is 7.72. The minimum atomic E-state index is 0.0637. The molecule has 1 aromatic heterocycles. The van der Waals surface area contributed by atoms with Gasteiger partial charge in [0.15, 0.2) is 4.34 Å². The number of rotatable bonds is 7. The standard InChI is InChI=1S/C16H22N4OS2/c1-10-8-11(2)14(12(3)9-10)18-13(21)6-5-7-22-16-20-19-15(17-4)23-16/h8-9H,5-7H2,1-4H3,(H,17,19)(H,18,21). The van der Waals surface area contributed by atoms with Crippen molar-refractivity contribution in [3.8, 4) is 0 Å². The average molecular weight is 351 g/mol. The lowest BCUT2D eigenvalue weighted by Crippen LogP contribution is -2.13. The molecule has 2 aromatic rings. The third-order valence-electron chi connectivity index (χ3n) is 3.34. The van der Waals surface area contributed by atoms with Gasteiger partial charge in [0.2, 0.25) is 11.0 Å². The Kier molecular flexibility index (Phi) is 6.41. The summed E-state index contributed by atoms with van der Waals surface area (Å²) in [5.41, 5.74) is 4.38. The molecule has 0 aliphatic heterocycles. The summed E-state index contributed by atoms with van der Waals surface area (Å²) in [6.45, 7) is 6.12. The molecule has 2 N–H and O–H groups in total. The number of nitrogens with zero attached hydrogens (tertiary/aromatic N) is 2. The van der Waals surface area contributed by atoms with Gasteiger partial charge in [-0.2, -0.15) is 0 Å². The van der Waals surface area contributed by atoms with Crippen LogP contribution in [0.5, 0.6) is 0 Å². The van der Waals surface area contributed by atoms with Crippen molar-refractivity contribution in [3.63, 3.8) is 0 Å². The van der Waals surface area contributed by atoms with Crippen LogP contribution in [0, 0.1) is 20.8 Å². The van der Waals surface area contributed by atoms with E-state index in [1.54, 1.807) is 11.8 Å². The van der Waals surface area contributed by atoms with Crippen molar-refractivity contribution in [3.05, 3.63) is 28.8 Å². The maximum atomic E-state index is 12.1. The molecule has 1 amide bonds. The molecular formula is C16H22N4OS2. The first-order valence-electron chi connectivity index (χ1n) is 7.51. The van der Waals surface area contributed by atoms with Gasteiger partial charge >= 0.3 is 0 Å². The number of aromatic nitrogens is 2. The average Bonchev–Trinajstić information content (AvgIpc) is 2.95. The van der Waals surface area contributed by atoms with E-state index in [0.717, 1.165) is 38.5 Å². The SMILES string of the molecule is CNc1nnc(SCCCC(=O)Nc2c(C)cc(C)cc2C)s1. The highest BCUT2D eigenvalue weighted by molar-refractivity contribution is 8.01. The number of nitrogens with one attached hydrogen (secondary N) is 2. The molecule has 0 radical (unpaired) electrons. The van der Waals surface area contributed by atoms with Crippen LogP contribution >= 0.6 is 23.1 Å². The first-order valence-corrected chi connectivity index (χ1v) is 9.31. The molecule has 0 saturated heterocycles. The van der Waals surface area contributed by atoms with Crippen molar-refractivity contribution < 1.29 is 4.79 Å². The Morgan fingerprint density at radius 2 is 1.91 bits per heavy atom. The topological polar surface area (TPSA) is 66.9 Å². The van der Waals surface area contributed by atoms with Gasteiger partial charge in [0.1, 0.15) is 0 Å². The Morgan fingerprint density at radius 3 is 2.52 bits per heavy atom. The van der Waals surface area contributed by atoms with Gasteiger partial charge in [-0.3, -0.25) is 4.79 Å². The molecule has 0 aliphatic rings. The van der Waals surface area contributed by atoms with E-state index >= 15 is 0 Å². The Balaban J connectivity index is 1.77. The highest BCUT2D eigenvalue weighted by Crippen LogP contribution is 2.26. The fourth-order valence-corrected chi connectivity index (χ4v) is 4.06. The number of thioether (sulfide) groups is 1. The Hall–Kier alpha value is -1.60. The summed E-state index contributed by atoms with van der Waals surface area (Å²) in [7, 11) is 1.83. The number of hydrogen-bond donors (Lipinski definition) is 2. The summed E-state index contributed by atoms with van der Waals surface area (Å²) in [6, 6.07) is 4.18. The Bertz CT molecular complexity index is 661. The number of carbonyl (C=O) groups is 1. The fourth-order valence-electron chi connectivity index (χ4n) is 2.34. The van der Waals surface area contributed by atoms with Crippen LogP contribution in [0.15, 0.2) is 16.5 Å². The van der Waals surface area contributed by atoms with E-state index in [2.05, 4.69) is 39.9 Å². The first-order chi connectivity index (χ1) is 11.0. The maximum absolute atomic E-state index is 12.1. The van der Waals surface area contributed by atoms with E-state index in [0.29, 0.717) is 6.42 Å².